The van der Waals surface area contributed by atoms with Crippen molar-refractivity contribution in [3.63, 3.8) is 0 Å². The van der Waals surface area contributed by atoms with Gasteiger partial charge in [0.15, 0.2) is 0 Å². The van der Waals surface area contributed by atoms with Gasteiger partial charge < -0.3 is 9.88 Å². The summed E-state index contributed by atoms with van der Waals surface area (Å²) in [5, 5.41) is 3.41. The van der Waals surface area contributed by atoms with Crippen LogP contribution >= 0.6 is 0 Å². The summed E-state index contributed by atoms with van der Waals surface area (Å²) >= 11 is 0. The first-order valence-electron chi connectivity index (χ1n) is 5.93. The number of hydrogen-bond donors (Lipinski definition) is 1. The van der Waals surface area contributed by atoms with E-state index in [0.29, 0.717) is 0 Å². The first kappa shape index (κ1) is 11.8. The molecular weight excluding hydrogens is 212 g/mol. The monoisotopic (exact) mass is 230 g/mol. The van der Waals surface area contributed by atoms with Crippen molar-refractivity contribution in [3.05, 3.63) is 48.3 Å². The van der Waals surface area contributed by atoms with E-state index in [9.17, 15) is 0 Å². The number of aryl methyl sites for hydroxylation is 1. The Balaban J connectivity index is 1.63. The van der Waals surface area contributed by atoms with Crippen molar-refractivity contribution in [2.24, 2.45) is 7.05 Å². The quantitative estimate of drug-likeness (QED) is 0.758. The largest absolute Gasteiger partial charge is 0.338 e. The van der Waals surface area contributed by atoms with E-state index in [4.69, 9.17) is 0 Å². The zero-order valence-corrected chi connectivity index (χ0v) is 10.1. The molecule has 2 heterocycles. The van der Waals surface area contributed by atoms with Crippen molar-refractivity contribution in [1.82, 2.24) is 19.9 Å². The van der Waals surface area contributed by atoms with Crippen LogP contribution in [0, 0.1) is 0 Å². The summed E-state index contributed by atoms with van der Waals surface area (Å²) in [6.45, 7) is 1.92. The summed E-state index contributed by atoms with van der Waals surface area (Å²) in [5.41, 5.74) is 1.14. The Morgan fingerprint density at radius 3 is 2.71 bits per heavy atom. The van der Waals surface area contributed by atoms with Gasteiger partial charge in [-0.2, -0.15) is 0 Å². The van der Waals surface area contributed by atoms with E-state index < -0.39 is 0 Å². The van der Waals surface area contributed by atoms with Crippen LogP contribution in [0.2, 0.25) is 0 Å². The van der Waals surface area contributed by atoms with Crippen molar-refractivity contribution in [1.29, 1.82) is 0 Å². The lowest BCUT2D eigenvalue weighted by Gasteiger charge is -2.04. The molecule has 90 valence electrons. The molecule has 0 aliphatic rings. The molecule has 0 bridgehead atoms. The summed E-state index contributed by atoms with van der Waals surface area (Å²) in [4.78, 5) is 8.57. The summed E-state index contributed by atoms with van der Waals surface area (Å²) in [7, 11) is 2.02. The van der Waals surface area contributed by atoms with Gasteiger partial charge in [-0.05, 0) is 12.1 Å². The Morgan fingerprint density at radius 1 is 1.12 bits per heavy atom. The summed E-state index contributed by atoms with van der Waals surface area (Å²) in [5.74, 6) is 1.12. The van der Waals surface area contributed by atoms with Gasteiger partial charge in [0.05, 0.1) is 0 Å². The van der Waals surface area contributed by atoms with E-state index >= 15 is 0 Å². The van der Waals surface area contributed by atoms with Gasteiger partial charge in [-0.15, -0.1) is 0 Å². The number of imidazole rings is 1. The molecular formula is C13H18N4. The minimum Gasteiger partial charge on any atom is -0.338 e. The van der Waals surface area contributed by atoms with Gasteiger partial charge in [0, 0.05) is 57.3 Å². The third-order valence-corrected chi connectivity index (χ3v) is 2.73. The van der Waals surface area contributed by atoms with Crippen molar-refractivity contribution >= 4 is 0 Å². The fourth-order valence-corrected chi connectivity index (χ4v) is 1.73. The third-order valence-electron chi connectivity index (χ3n) is 2.73. The maximum absolute atomic E-state index is 4.28. The van der Waals surface area contributed by atoms with Crippen LogP contribution < -0.4 is 5.32 Å². The van der Waals surface area contributed by atoms with Gasteiger partial charge in [0.25, 0.3) is 0 Å². The van der Waals surface area contributed by atoms with Crippen molar-refractivity contribution < 1.29 is 0 Å². The van der Waals surface area contributed by atoms with Crippen LogP contribution in [0.4, 0.5) is 0 Å². The normalized spacial score (nSPS) is 10.6. The zero-order chi connectivity index (χ0) is 11.9. The maximum atomic E-state index is 4.28. The Morgan fingerprint density at radius 2 is 2.00 bits per heavy atom. The molecule has 0 amide bonds. The van der Waals surface area contributed by atoms with Crippen LogP contribution in [0.1, 0.15) is 11.5 Å². The van der Waals surface area contributed by atoms with Gasteiger partial charge in [0.1, 0.15) is 5.82 Å². The van der Waals surface area contributed by atoms with Gasteiger partial charge in [-0.1, -0.05) is 6.07 Å². The molecule has 0 radical (unpaired) electrons. The zero-order valence-electron chi connectivity index (χ0n) is 10.1. The molecule has 0 fully saturated rings. The lowest BCUT2D eigenvalue weighted by atomic mass is 10.2. The number of nitrogens with zero attached hydrogens (tertiary/aromatic N) is 3. The van der Waals surface area contributed by atoms with Crippen molar-refractivity contribution in [2.75, 3.05) is 13.1 Å². The lowest BCUT2D eigenvalue weighted by molar-refractivity contribution is 0.649. The highest BCUT2D eigenvalue weighted by Crippen LogP contribution is 1.95. The number of rotatable bonds is 6. The fraction of sp³-hybridized carbons (Fsp3) is 0.385. The molecule has 0 atom stereocenters. The van der Waals surface area contributed by atoms with E-state index in [1.165, 1.54) is 0 Å². The smallest absolute Gasteiger partial charge is 0.109 e. The van der Waals surface area contributed by atoms with Crippen LogP contribution in [0.3, 0.4) is 0 Å². The first-order chi connectivity index (χ1) is 8.36. The lowest BCUT2D eigenvalue weighted by Crippen LogP contribution is -2.21. The molecule has 0 aliphatic carbocycles. The molecule has 17 heavy (non-hydrogen) atoms. The van der Waals surface area contributed by atoms with Crippen molar-refractivity contribution in [2.45, 2.75) is 12.8 Å². The fourth-order valence-electron chi connectivity index (χ4n) is 1.73. The second-order valence-electron chi connectivity index (χ2n) is 4.03. The Hall–Kier alpha value is -1.68. The second kappa shape index (κ2) is 6.15. The SMILES string of the molecule is Cn1ccnc1CCNCCc1ccccn1. The Kier molecular flexibility index (Phi) is 4.27. The van der Waals surface area contributed by atoms with Crippen LogP contribution in [-0.2, 0) is 19.9 Å². The Bertz CT molecular complexity index is 436. The molecule has 4 heteroatoms. The van der Waals surface area contributed by atoms with E-state index in [1.54, 1.807) is 0 Å². The number of hydrogen-bond acceptors (Lipinski definition) is 3. The minimum atomic E-state index is 0.956. The predicted molar refractivity (Wildman–Crippen MR) is 67.7 cm³/mol. The molecule has 0 aliphatic heterocycles. The van der Waals surface area contributed by atoms with Crippen molar-refractivity contribution in [3.8, 4) is 0 Å². The van der Waals surface area contributed by atoms with E-state index in [2.05, 4.69) is 25.9 Å². The maximum Gasteiger partial charge on any atom is 0.109 e. The van der Waals surface area contributed by atoms with E-state index in [1.807, 2.05) is 37.8 Å². The number of pyridine rings is 1. The number of aromatic nitrogens is 3. The third kappa shape index (κ3) is 3.67. The van der Waals surface area contributed by atoms with E-state index in [-0.39, 0.29) is 0 Å². The molecule has 0 spiro atoms. The molecule has 0 unspecified atom stereocenters. The van der Waals surface area contributed by atoms with Gasteiger partial charge in [-0.25, -0.2) is 4.98 Å². The molecule has 0 aromatic carbocycles. The van der Waals surface area contributed by atoms with Crippen LogP contribution in [0.15, 0.2) is 36.8 Å². The molecule has 2 aromatic heterocycles. The average molecular weight is 230 g/mol. The second-order valence-corrected chi connectivity index (χ2v) is 4.03. The summed E-state index contributed by atoms with van der Waals surface area (Å²) < 4.78 is 2.06. The summed E-state index contributed by atoms with van der Waals surface area (Å²) in [6.07, 6.45) is 7.59. The first-order valence-corrected chi connectivity index (χ1v) is 5.93. The summed E-state index contributed by atoms with van der Waals surface area (Å²) in [6, 6.07) is 6.02. The molecule has 0 saturated heterocycles. The van der Waals surface area contributed by atoms with Gasteiger partial charge in [-0.3, -0.25) is 4.98 Å². The van der Waals surface area contributed by atoms with Crippen LogP contribution in [0.25, 0.3) is 0 Å². The predicted octanol–water partition coefficient (Wildman–Crippen LogP) is 1.19. The molecule has 2 aromatic rings. The number of nitrogens with one attached hydrogen (secondary N) is 1. The van der Waals surface area contributed by atoms with Gasteiger partial charge in [0.2, 0.25) is 0 Å². The van der Waals surface area contributed by atoms with Gasteiger partial charge >= 0.3 is 0 Å². The highest BCUT2D eigenvalue weighted by Gasteiger charge is 1.98. The molecule has 2 rings (SSSR count). The topological polar surface area (TPSA) is 42.7 Å². The van der Waals surface area contributed by atoms with Crippen LogP contribution in [0.5, 0.6) is 0 Å². The van der Waals surface area contributed by atoms with E-state index in [0.717, 1.165) is 37.4 Å². The highest BCUT2D eigenvalue weighted by atomic mass is 15.0. The average Bonchev–Trinajstić information content (AvgIpc) is 2.76. The Labute approximate surface area is 102 Å². The molecule has 4 nitrogen and oxygen atoms in total. The molecule has 0 saturated carbocycles. The minimum absolute atomic E-state index is 0.956. The standard InChI is InChI=1S/C13H18N4/c1-17-11-10-16-13(17)6-9-14-8-5-12-4-2-3-7-15-12/h2-4,7,10-11,14H,5-6,8-9H2,1H3. The van der Waals surface area contributed by atoms with Crippen LogP contribution in [-0.4, -0.2) is 27.6 Å². The molecule has 1 N–H and O–H groups in total. The highest BCUT2D eigenvalue weighted by molar-refractivity contribution is 5.03.